The van der Waals surface area contributed by atoms with Crippen molar-refractivity contribution in [1.29, 1.82) is 0 Å². The van der Waals surface area contributed by atoms with E-state index in [-0.39, 0.29) is 34.1 Å². The summed E-state index contributed by atoms with van der Waals surface area (Å²) in [5.74, 6) is -2.16. The van der Waals surface area contributed by atoms with E-state index in [2.05, 4.69) is 16.0 Å². The highest BCUT2D eigenvalue weighted by Crippen LogP contribution is 2.35. The van der Waals surface area contributed by atoms with Crippen LogP contribution in [0.2, 0.25) is 10.0 Å². The lowest BCUT2D eigenvalue weighted by molar-refractivity contribution is -0.139. The maximum absolute atomic E-state index is 13.0. The summed E-state index contributed by atoms with van der Waals surface area (Å²) < 4.78 is 0. The number of benzene rings is 2. The Balaban J connectivity index is 1.40. The molecule has 1 heterocycles. The molecule has 0 fully saturated rings. The molecule has 0 aromatic heterocycles. The molecule has 0 bridgehead atoms. The number of rotatable bonds is 6. The molecular formula is C25H26Cl2N4O5. The van der Waals surface area contributed by atoms with Crippen LogP contribution < -0.4 is 16.0 Å². The van der Waals surface area contributed by atoms with E-state index in [9.17, 15) is 24.3 Å². The minimum atomic E-state index is -1.41. The number of carboxylic acids is 1. The number of nitrogens with one attached hydrogen (secondary N) is 3. The van der Waals surface area contributed by atoms with Crippen molar-refractivity contribution in [2.24, 2.45) is 0 Å². The molecule has 4 amide bonds. The molecule has 2 aromatic rings. The molecule has 0 saturated heterocycles. The first-order valence-electron chi connectivity index (χ1n) is 11.6. The lowest BCUT2D eigenvalue weighted by atomic mass is 9.96. The molecule has 2 aromatic carbocycles. The van der Waals surface area contributed by atoms with Gasteiger partial charge in [0.25, 0.3) is 5.91 Å². The van der Waals surface area contributed by atoms with E-state index < -0.39 is 23.9 Å². The summed E-state index contributed by atoms with van der Waals surface area (Å²) in [6, 6.07) is 7.30. The van der Waals surface area contributed by atoms with Crippen LogP contribution in [0.4, 0.5) is 4.79 Å². The van der Waals surface area contributed by atoms with Gasteiger partial charge < -0.3 is 26.0 Å². The molecule has 4 N–H and O–H groups in total. The molecule has 2 aliphatic rings. The third-order valence-electron chi connectivity index (χ3n) is 6.59. The largest absolute Gasteiger partial charge is 0.480 e. The third-order valence-corrected chi connectivity index (χ3v) is 7.30. The average molecular weight is 533 g/mol. The van der Waals surface area contributed by atoms with Gasteiger partial charge >= 0.3 is 12.0 Å². The summed E-state index contributed by atoms with van der Waals surface area (Å²) in [6.45, 7) is 1.92. The van der Waals surface area contributed by atoms with E-state index in [1.807, 2.05) is 24.3 Å². The van der Waals surface area contributed by atoms with Crippen LogP contribution in [0.15, 0.2) is 30.3 Å². The van der Waals surface area contributed by atoms with E-state index in [4.69, 9.17) is 23.2 Å². The predicted molar refractivity (Wildman–Crippen MR) is 134 cm³/mol. The molecule has 1 aliphatic carbocycles. The van der Waals surface area contributed by atoms with E-state index in [1.165, 1.54) is 12.5 Å². The normalized spacial score (nSPS) is 17.0. The molecule has 0 radical (unpaired) electrons. The zero-order chi connectivity index (χ0) is 26.0. The number of aliphatic carboxylic acids is 1. The highest BCUT2D eigenvalue weighted by molar-refractivity contribution is 6.40. The first-order chi connectivity index (χ1) is 17.2. The highest BCUT2D eigenvalue weighted by Gasteiger charge is 2.29. The molecule has 4 rings (SSSR count). The first kappa shape index (κ1) is 25.8. The van der Waals surface area contributed by atoms with Gasteiger partial charge in [0.05, 0.1) is 28.2 Å². The Morgan fingerprint density at radius 3 is 2.61 bits per heavy atom. The maximum atomic E-state index is 13.0. The van der Waals surface area contributed by atoms with Gasteiger partial charge in [-0.25, -0.2) is 9.59 Å². The van der Waals surface area contributed by atoms with Gasteiger partial charge in [-0.1, -0.05) is 47.5 Å². The molecule has 0 unspecified atom stereocenters. The number of hydrogen-bond acceptors (Lipinski definition) is 4. The van der Waals surface area contributed by atoms with Crippen molar-refractivity contribution in [2.45, 2.75) is 44.8 Å². The molecule has 36 heavy (non-hydrogen) atoms. The van der Waals surface area contributed by atoms with Crippen LogP contribution >= 0.6 is 23.2 Å². The number of urea groups is 1. The lowest BCUT2D eigenvalue weighted by Crippen LogP contribution is -2.50. The molecule has 190 valence electrons. The van der Waals surface area contributed by atoms with Crippen molar-refractivity contribution in [2.75, 3.05) is 13.1 Å². The van der Waals surface area contributed by atoms with Crippen molar-refractivity contribution < 1.29 is 24.3 Å². The van der Waals surface area contributed by atoms with Gasteiger partial charge in [-0.05, 0) is 47.6 Å². The number of amides is 4. The van der Waals surface area contributed by atoms with Gasteiger partial charge in [0.2, 0.25) is 5.91 Å². The van der Waals surface area contributed by atoms with Crippen LogP contribution in [0.25, 0.3) is 0 Å². The van der Waals surface area contributed by atoms with Crippen LogP contribution in [0.5, 0.6) is 0 Å². The minimum absolute atomic E-state index is 0.0355. The smallest absolute Gasteiger partial charge is 0.328 e. The van der Waals surface area contributed by atoms with E-state index in [1.54, 1.807) is 11.0 Å². The molecular weight excluding hydrogens is 507 g/mol. The van der Waals surface area contributed by atoms with Crippen LogP contribution in [0.3, 0.4) is 0 Å². The number of fused-ring (bicyclic) bond motifs is 2. The van der Waals surface area contributed by atoms with Crippen molar-refractivity contribution in [1.82, 2.24) is 20.9 Å². The Morgan fingerprint density at radius 2 is 1.89 bits per heavy atom. The number of carbonyl (C=O) groups excluding carboxylic acids is 3. The topological polar surface area (TPSA) is 128 Å². The lowest BCUT2D eigenvalue weighted by Gasteiger charge is -2.29. The molecule has 9 nitrogen and oxygen atoms in total. The van der Waals surface area contributed by atoms with Crippen molar-refractivity contribution in [3.05, 3.63) is 68.2 Å². The van der Waals surface area contributed by atoms with Crippen LogP contribution in [-0.4, -0.2) is 53.0 Å². The molecule has 1 aliphatic heterocycles. The van der Waals surface area contributed by atoms with E-state index in [0.29, 0.717) is 25.1 Å². The molecule has 11 heteroatoms. The number of carbonyl (C=O) groups is 4. The maximum Gasteiger partial charge on any atom is 0.328 e. The van der Waals surface area contributed by atoms with Gasteiger partial charge in [-0.15, -0.1) is 0 Å². The summed E-state index contributed by atoms with van der Waals surface area (Å²) in [7, 11) is 0. The second kappa shape index (κ2) is 10.8. The number of halogens is 2. The number of carboxylic acid groups (broad SMARTS) is 1. The Morgan fingerprint density at radius 1 is 1.14 bits per heavy atom. The number of hydrogen-bond donors (Lipinski definition) is 4. The summed E-state index contributed by atoms with van der Waals surface area (Å²) >= 11 is 12.8. The van der Waals surface area contributed by atoms with Crippen LogP contribution in [0.1, 0.15) is 52.0 Å². The SMILES string of the molecule is CC(=O)N1CCc2c(cc(Cl)c(C(=O)N[C@@H](CNC(=O)N[C@@H]3CCc4ccccc43)C(=O)O)c2Cl)C1. The second-order valence-corrected chi connectivity index (χ2v) is 9.67. The highest BCUT2D eigenvalue weighted by atomic mass is 35.5. The van der Waals surface area contributed by atoms with Gasteiger partial charge in [0.1, 0.15) is 6.04 Å². The van der Waals surface area contributed by atoms with E-state index >= 15 is 0 Å². The quantitative estimate of drug-likeness (QED) is 0.454. The Bertz CT molecular complexity index is 1240. The standard InChI is InChI=1S/C25H26Cl2N4O5/c1-13(32)31-9-8-17-15(12-31)10-18(26)21(22(17)27)23(33)29-20(24(34)35)11-28-25(36)30-19-7-6-14-4-2-3-5-16(14)19/h2-5,10,19-20H,6-9,11-12H2,1H3,(H,29,33)(H,34,35)(H2,28,30,36)/t19-,20+/m1/s1. The fraction of sp³-hybridized carbons (Fsp3) is 0.360. The van der Waals surface area contributed by atoms with Crippen molar-refractivity contribution >= 4 is 47.0 Å². The van der Waals surface area contributed by atoms with Crippen molar-refractivity contribution in [3.63, 3.8) is 0 Å². The van der Waals surface area contributed by atoms with Crippen LogP contribution in [-0.2, 0) is 29.0 Å². The fourth-order valence-corrected chi connectivity index (χ4v) is 5.43. The third kappa shape index (κ3) is 5.42. The number of aryl methyl sites for hydroxylation is 1. The summed E-state index contributed by atoms with van der Waals surface area (Å²) in [6.07, 6.45) is 2.05. The first-order valence-corrected chi connectivity index (χ1v) is 12.3. The zero-order valence-corrected chi connectivity index (χ0v) is 21.1. The van der Waals surface area contributed by atoms with E-state index in [0.717, 1.165) is 24.0 Å². The molecule has 0 spiro atoms. The Labute approximate surface area is 218 Å². The van der Waals surface area contributed by atoms with Crippen molar-refractivity contribution in [3.8, 4) is 0 Å². The Hall–Kier alpha value is -3.30. The molecule has 0 saturated carbocycles. The predicted octanol–water partition coefficient (Wildman–Crippen LogP) is 3.07. The van der Waals surface area contributed by atoms with Gasteiger partial charge in [-0.2, -0.15) is 0 Å². The van der Waals surface area contributed by atoms with Crippen LogP contribution in [0, 0.1) is 0 Å². The minimum Gasteiger partial charge on any atom is -0.480 e. The fourth-order valence-electron chi connectivity index (χ4n) is 4.67. The summed E-state index contributed by atoms with van der Waals surface area (Å²) in [4.78, 5) is 50.6. The van der Waals surface area contributed by atoms with Gasteiger partial charge in [-0.3, -0.25) is 9.59 Å². The summed E-state index contributed by atoms with van der Waals surface area (Å²) in [5, 5.41) is 17.6. The van der Waals surface area contributed by atoms with Gasteiger partial charge in [0, 0.05) is 20.0 Å². The monoisotopic (exact) mass is 532 g/mol. The number of nitrogens with zero attached hydrogens (tertiary/aromatic N) is 1. The second-order valence-electron chi connectivity index (χ2n) is 8.88. The molecule has 2 atom stereocenters. The average Bonchev–Trinajstić information content (AvgIpc) is 3.23. The zero-order valence-electron chi connectivity index (χ0n) is 19.6. The van der Waals surface area contributed by atoms with Gasteiger partial charge in [0.15, 0.2) is 0 Å². The Kier molecular flexibility index (Phi) is 7.70. The summed E-state index contributed by atoms with van der Waals surface area (Å²) in [5.41, 5.74) is 3.62.